The highest BCUT2D eigenvalue weighted by Gasteiger charge is 2.48. The van der Waals surface area contributed by atoms with Crippen molar-refractivity contribution >= 4 is 17.6 Å². The van der Waals surface area contributed by atoms with Crippen LogP contribution in [-0.2, 0) is 4.79 Å². The minimum absolute atomic E-state index is 0.141. The number of hydrogen-bond donors (Lipinski definition) is 1. The lowest BCUT2D eigenvalue weighted by Gasteiger charge is -2.32. The normalized spacial score (nSPS) is 24.4. The van der Waals surface area contributed by atoms with Crippen molar-refractivity contribution in [2.45, 2.75) is 39.7 Å². The molecule has 21 heavy (non-hydrogen) atoms. The van der Waals surface area contributed by atoms with Gasteiger partial charge in [-0.25, -0.2) is 0 Å². The van der Waals surface area contributed by atoms with Gasteiger partial charge in [-0.2, -0.15) is 0 Å². The topological polar surface area (TPSA) is 40.5 Å². The maximum atomic E-state index is 11.8. The number of carboxylic acids is 1. The molecule has 0 aliphatic carbocycles. The Morgan fingerprint density at radius 3 is 2.43 bits per heavy atom. The van der Waals surface area contributed by atoms with Crippen molar-refractivity contribution in [3.8, 4) is 0 Å². The number of hydrogen-bond acceptors (Lipinski definition) is 2. The fourth-order valence-electron chi connectivity index (χ4n) is 3.41. The smallest absolute Gasteiger partial charge is 0.311 e. The van der Waals surface area contributed by atoms with Gasteiger partial charge in [0.15, 0.2) is 0 Å². The first-order valence-electron chi connectivity index (χ1n) is 7.63. The molecule has 0 spiro atoms. The fourth-order valence-corrected chi connectivity index (χ4v) is 3.54. The molecule has 2 atom stereocenters. The summed E-state index contributed by atoms with van der Waals surface area (Å²) in [5, 5.41) is 10.4. The van der Waals surface area contributed by atoms with Crippen LogP contribution >= 0.6 is 11.6 Å². The Labute approximate surface area is 131 Å². The van der Waals surface area contributed by atoms with Crippen LogP contribution in [0.5, 0.6) is 0 Å². The Morgan fingerprint density at radius 1 is 1.38 bits per heavy atom. The van der Waals surface area contributed by atoms with E-state index in [1.165, 1.54) is 5.56 Å². The average Bonchev–Trinajstić information content (AvgIpc) is 2.88. The average molecular weight is 310 g/mol. The zero-order valence-corrected chi connectivity index (χ0v) is 13.7. The van der Waals surface area contributed by atoms with Gasteiger partial charge < -0.3 is 5.11 Å². The highest BCUT2D eigenvalue weighted by Crippen LogP contribution is 2.42. The van der Waals surface area contributed by atoms with E-state index in [-0.39, 0.29) is 12.0 Å². The Kier molecular flexibility index (Phi) is 4.95. The molecule has 1 heterocycles. The van der Waals surface area contributed by atoms with Crippen LogP contribution in [0.2, 0.25) is 5.02 Å². The number of rotatable bonds is 5. The van der Waals surface area contributed by atoms with Gasteiger partial charge in [0.05, 0.1) is 5.41 Å². The van der Waals surface area contributed by atoms with Crippen molar-refractivity contribution in [3.63, 3.8) is 0 Å². The highest BCUT2D eigenvalue weighted by molar-refractivity contribution is 6.30. The Balaban J connectivity index is 2.22. The van der Waals surface area contributed by atoms with Gasteiger partial charge in [0.2, 0.25) is 0 Å². The van der Waals surface area contributed by atoms with Crippen LogP contribution in [0.1, 0.15) is 45.2 Å². The summed E-state index contributed by atoms with van der Waals surface area (Å²) in [6, 6.07) is 8.17. The van der Waals surface area contributed by atoms with Crippen LogP contribution < -0.4 is 0 Å². The minimum Gasteiger partial charge on any atom is -0.481 e. The van der Waals surface area contributed by atoms with Crippen molar-refractivity contribution in [1.29, 1.82) is 0 Å². The van der Waals surface area contributed by atoms with Crippen molar-refractivity contribution in [2.75, 3.05) is 13.1 Å². The van der Waals surface area contributed by atoms with E-state index in [4.69, 9.17) is 11.6 Å². The third-order valence-electron chi connectivity index (χ3n) is 4.94. The summed E-state index contributed by atoms with van der Waals surface area (Å²) < 4.78 is 0. The van der Waals surface area contributed by atoms with Gasteiger partial charge >= 0.3 is 5.97 Å². The van der Waals surface area contributed by atoms with Crippen LogP contribution in [-0.4, -0.2) is 29.1 Å². The SMILES string of the molecule is CCC(c1ccc(Cl)cc1)N1CCC(C(=O)O)(C(C)C)C1. The van der Waals surface area contributed by atoms with E-state index in [2.05, 4.69) is 11.8 Å². The van der Waals surface area contributed by atoms with Crippen molar-refractivity contribution in [3.05, 3.63) is 34.9 Å². The second-order valence-corrected chi connectivity index (χ2v) is 6.75. The van der Waals surface area contributed by atoms with Crippen LogP contribution in [0, 0.1) is 11.3 Å². The fraction of sp³-hybridized carbons (Fsp3) is 0.588. The number of aliphatic carboxylic acids is 1. The molecule has 1 aromatic rings. The number of carboxylic acid groups (broad SMARTS) is 1. The zero-order valence-electron chi connectivity index (χ0n) is 13.0. The molecule has 1 aliphatic heterocycles. The molecule has 0 amide bonds. The molecule has 4 heteroatoms. The molecule has 0 saturated carbocycles. The summed E-state index contributed by atoms with van der Waals surface area (Å²) in [6.45, 7) is 7.64. The monoisotopic (exact) mass is 309 g/mol. The molecule has 1 aromatic carbocycles. The molecule has 0 aromatic heterocycles. The molecule has 1 fully saturated rings. The number of benzene rings is 1. The lowest BCUT2D eigenvalue weighted by atomic mass is 9.76. The van der Waals surface area contributed by atoms with Gasteiger partial charge in [-0.15, -0.1) is 0 Å². The van der Waals surface area contributed by atoms with E-state index in [0.717, 1.165) is 24.4 Å². The maximum Gasteiger partial charge on any atom is 0.311 e. The molecule has 116 valence electrons. The van der Waals surface area contributed by atoms with E-state index in [0.29, 0.717) is 6.54 Å². The van der Waals surface area contributed by atoms with Crippen molar-refractivity contribution in [2.24, 2.45) is 11.3 Å². The molecule has 1 saturated heterocycles. The molecule has 0 bridgehead atoms. The highest BCUT2D eigenvalue weighted by atomic mass is 35.5. The minimum atomic E-state index is -0.661. The Hall–Kier alpha value is -1.06. The molecule has 1 aliphatic rings. The first-order chi connectivity index (χ1) is 9.90. The third-order valence-corrected chi connectivity index (χ3v) is 5.20. The quantitative estimate of drug-likeness (QED) is 0.885. The summed E-state index contributed by atoms with van der Waals surface area (Å²) in [4.78, 5) is 14.1. The number of nitrogens with zero attached hydrogens (tertiary/aromatic N) is 1. The largest absolute Gasteiger partial charge is 0.481 e. The molecule has 1 N–H and O–H groups in total. The third kappa shape index (κ3) is 3.09. The summed E-state index contributed by atoms with van der Waals surface area (Å²) in [5.41, 5.74) is 0.603. The molecule has 2 rings (SSSR count). The molecule has 0 radical (unpaired) electrons. The van der Waals surface area contributed by atoms with Gasteiger partial charge in [-0.05, 0) is 43.0 Å². The van der Waals surface area contributed by atoms with E-state index < -0.39 is 11.4 Å². The summed E-state index contributed by atoms with van der Waals surface area (Å²) >= 11 is 5.96. The lowest BCUT2D eigenvalue weighted by molar-refractivity contribution is -0.151. The van der Waals surface area contributed by atoms with Crippen molar-refractivity contribution < 1.29 is 9.90 Å². The second-order valence-electron chi connectivity index (χ2n) is 6.31. The van der Waals surface area contributed by atoms with E-state index in [9.17, 15) is 9.90 Å². The van der Waals surface area contributed by atoms with Gasteiger partial charge in [0.25, 0.3) is 0 Å². The first-order valence-corrected chi connectivity index (χ1v) is 8.01. The molecular weight excluding hydrogens is 286 g/mol. The van der Waals surface area contributed by atoms with Gasteiger partial charge in [0.1, 0.15) is 0 Å². The van der Waals surface area contributed by atoms with E-state index >= 15 is 0 Å². The van der Waals surface area contributed by atoms with E-state index in [1.54, 1.807) is 0 Å². The van der Waals surface area contributed by atoms with Crippen LogP contribution in [0.4, 0.5) is 0 Å². The van der Waals surface area contributed by atoms with Gasteiger partial charge in [0, 0.05) is 17.6 Å². The summed E-state index contributed by atoms with van der Waals surface area (Å²) in [5.74, 6) is -0.520. The lowest BCUT2D eigenvalue weighted by Crippen LogP contribution is -2.40. The van der Waals surface area contributed by atoms with E-state index in [1.807, 2.05) is 38.1 Å². The van der Waals surface area contributed by atoms with Gasteiger partial charge in [-0.1, -0.05) is 44.5 Å². The van der Waals surface area contributed by atoms with Crippen LogP contribution in [0.25, 0.3) is 0 Å². The summed E-state index contributed by atoms with van der Waals surface area (Å²) in [6.07, 6.45) is 1.69. The molecular formula is C17H24ClNO2. The molecule has 3 nitrogen and oxygen atoms in total. The zero-order chi connectivity index (χ0) is 15.6. The second kappa shape index (κ2) is 6.37. The van der Waals surface area contributed by atoms with Crippen LogP contribution in [0.15, 0.2) is 24.3 Å². The van der Waals surface area contributed by atoms with Gasteiger partial charge in [-0.3, -0.25) is 9.69 Å². The predicted octanol–water partition coefficient (Wildman–Crippen LogP) is 4.22. The Morgan fingerprint density at radius 2 is 2.00 bits per heavy atom. The predicted molar refractivity (Wildman–Crippen MR) is 85.6 cm³/mol. The molecule has 2 unspecified atom stereocenters. The van der Waals surface area contributed by atoms with Crippen molar-refractivity contribution in [1.82, 2.24) is 4.90 Å². The number of likely N-dealkylation sites (tertiary alicyclic amines) is 1. The number of carbonyl (C=O) groups is 1. The summed E-state index contributed by atoms with van der Waals surface area (Å²) in [7, 11) is 0. The number of halogens is 1. The standard InChI is InChI=1S/C17H24ClNO2/c1-4-15(13-5-7-14(18)8-6-13)19-10-9-17(11-19,12(2)3)16(20)21/h5-8,12,15H,4,9-11H2,1-3H3,(H,20,21). The van der Waals surface area contributed by atoms with Crippen LogP contribution in [0.3, 0.4) is 0 Å². The Bertz CT molecular complexity index is 500. The first kappa shape index (κ1) is 16.3. The maximum absolute atomic E-state index is 11.8.